The van der Waals surface area contributed by atoms with Crippen molar-refractivity contribution in [1.29, 1.82) is 0 Å². The van der Waals surface area contributed by atoms with Crippen molar-refractivity contribution in [3.8, 4) is 22.9 Å². The lowest BCUT2D eigenvalue weighted by atomic mass is 10.0. The summed E-state index contributed by atoms with van der Waals surface area (Å²) in [5, 5.41) is 7.24. The van der Waals surface area contributed by atoms with Gasteiger partial charge >= 0.3 is 6.18 Å². The van der Waals surface area contributed by atoms with Gasteiger partial charge in [0.05, 0.1) is 17.9 Å². The molecule has 14 heteroatoms. The molecule has 1 aliphatic heterocycles. The SMILES string of the molecule is Cc1cc(NS(=O)(=O)CCC(F)(F)F)c2ccccc2c1Oc1nccnc1-c1ccnc(NC2CNCC(F)C2)c1. The molecule has 222 valence electrons. The number of hydrogen-bond donors (Lipinski definition) is 3. The first-order valence-corrected chi connectivity index (χ1v) is 14.8. The van der Waals surface area contributed by atoms with Crippen molar-refractivity contribution in [2.75, 3.05) is 28.9 Å². The minimum Gasteiger partial charge on any atom is -0.436 e. The third-order valence-electron chi connectivity index (χ3n) is 6.65. The van der Waals surface area contributed by atoms with Crippen LogP contribution in [-0.4, -0.2) is 60.6 Å². The Kier molecular flexibility index (Phi) is 8.45. The van der Waals surface area contributed by atoms with E-state index in [1.807, 2.05) is 0 Å². The van der Waals surface area contributed by atoms with Crippen LogP contribution in [0.5, 0.6) is 11.6 Å². The first-order valence-electron chi connectivity index (χ1n) is 13.1. The maximum atomic E-state index is 13.8. The molecule has 0 saturated carbocycles. The molecule has 2 atom stereocenters. The Balaban J connectivity index is 1.45. The molecule has 2 aromatic heterocycles. The van der Waals surface area contributed by atoms with Crippen molar-refractivity contribution < 1.29 is 30.7 Å². The quantitative estimate of drug-likeness (QED) is 0.212. The summed E-state index contributed by atoms with van der Waals surface area (Å²) in [6.45, 7) is 2.62. The molecule has 42 heavy (non-hydrogen) atoms. The maximum absolute atomic E-state index is 13.8. The normalized spacial score (nSPS) is 17.6. The molecule has 1 aliphatic rings. The third-order valence-corrected chi connectivity index (χ3v) is 7.92. The number of nitrogens with zero attached hydrogens (tertiary/aromatic N) is 3. The zero-order valence-electron chi connectivity index (χ0n) is 22.5. The molecule has 0 aliphatic carbocycles. The highest BCUT2D eigenvalue weighted by molar-refractivity contribution is 7.92. The summed E-state index contributed by atoms with van der Waals surface area (Å²) < 4.78 is 85.3. The van der Waals surface area contributed by atoms with Crippen molar-refractivity contribution in [1.82, 2.24) is 20.3 Å². The van der Waals surface area contributed by atoms with Gasteiger partial charge in [-0.2, -0.15) is 13.2 Å². The van der Waals surface area contributed by atoms with Gasteiger partial charge in [0.25, 0.3) is 0 Å². The minimum atomic E-state index is -4.60. The number of pyridine rings is 1. The molecule has 0 bridgehead atoms. The van der Waals surface area contributed by atoms with E-state index >= 15 is 0 Å². The first-order chi connectivity index (χ1) is 20.0. The van der Waals surface area contributed by atoms with E-state index in [-0.39, 0.29) is 17.6 Å². The molecule has 2 unspecified atom stereocenters. The number of hydrogen-bond acceptors (Lipinski definition) is 8. The van der Waals surface area contributed by atoms with E-state index in [1.54, 1.807) is 49.5 Å². The number of rotatable bonds is 9. The van der Waals surface area contributed by atoms with E-state index in [4.69, 9.17) is 4.74 Å². The van der Waals surface area contributed by atoms with E-state index < -0.39 is 34.5 Å². The highest BCUT2D eigenvalue weighted by Gasteiger charge is 2.30. The number of benzene rings is 2. The van der Waals surface area contributed by atoms with E-state index in [1.165, 1.54) is 18.5 Å². The van der Waals surface area contributed by atoms with Gasteiger partial charge in [-0.25, -0.2) is 27.8 Å². The highest BCUT2D eigenvalue weighted by Crippen LogP contribution is 2.40. The van der Waals surface area contributed by atoms with Gasteiger partial charge in [0.1, 0.15) is 23.4 Å². The average Bonchev–Trinajstić information content (AvgIpc) is 2.94. The van der Waals surface area contributed by atoms with Crippen LogP contribution in [0.2, 0.25) is 0 Å². The molecule has 0 radical (unpaired) electrons. The molecule has 3 N–H and O–H groups in total. The minimum absolute atomic E-state index is 0.132. The predicted molar refractivity (Wildman–Crippen MR) is 152 cm³/mol. The Morgan fingerprint density at radius 1 is 1.02 bits per heavy atom. The molecule has 9 nitrogen and oxygen atoms in total. The number of aryl methyl sites for hydroxylation is 1. The van der Waals surface area contributed by atoms with Gasteiger partial charge in [0, 0.05) is 60.5 Å². The molecular formula is C28H28F4N6O3S. The largest absolute Gasteiger partial charge is 0.436 e. The smallest absolute Gasteiger partial charge is 0.390 e. The third kappa shape index (κ3) is 7.23. The Morgan fingerprint density at radius 3 is 2.55 bits per heavy atom. The monoisotopic (exact) mass is 604 g/mol. The Hall–Kier alpha value is -4.04. The summed E-state index contributed by atoms with van der Waals surface area (Å²) in [5.41, 5.74) is 1.71. The topological polar surface area (TPSA) is 118 Å². The number of anilines is 2. The van der Waals surface area contributed by atoms with Crippen molar-refractivity contribution in [2.24, 2.45) is 0 Å². The van der Waals surface area contributed by atoms with Crippen LogP contribution in [0.1, 0.15) is 18.4 Å². The van der Waals surface area contributed by atoms with Crippen LogP contribution in [0.3, 0.4) is 0 Å². The standard InChI is InChI=1S/C28H28F4N6O3S/c1-17-12-23(38-42(39,40)11-7-28(30,31)32)21-4-2-3-5-22(21)26(17)41-27-25(35-9-10-36-27)18-6-8-34-24(13-18)37-20-14-19(29)15-33-16-20/h2-6,8-10,12-13,19-20,33,38H,7,11,14-16H2,1H3,(H,34,37). The maximum Gasteiger partial charge on any atom is 0.390 e. The van der Waals surface area contributed by atoms with Crippen LogP contribution in [0.15, 0.2) is 61.1 Å². The Labute approximate surface area is 239 Å². The van der Waals surface area contributed by atoms with Gasteiger partial charge in [-0.15, -0.1) is 0 Å². The summed E-state index contributed by atoms with van der Waals surface area (Å²) >= 11 is 0. The van der Waals surface area contributed by atoms with Crippen molar-refractivity contribution in [3.63, 3.8) is 0 Å². The molecule has 0 amide bonds. The van der Waals surface area contributed by atoms with Crippen LogP contribution in [-0.2, 0) is 10.0 Å². The Bertz CT molecular complexity index is 1690. The fraction of sp³-hybridized carbons (Fsp3) is 0.321. The van der Waals surface area contributed by atoms with Crippen LogP contribution < -0.4 is 20.1 Å². The van der Waals surface area contributed by atoms with Crippen LogP contribution in [0.4, 0.5) is 29.1 Å². The Morgan fingerprint density at radius 2 is 1.79 bits per heavy atom. The van der Waals surface area contributed by atoms with E-state index in [2.05, 4.69) is 30.3 Å². The van der Waals surface area contributed by atoms with Crippen molar-refractivity contribution in [2.45, 2.75) is 38.2 Å². The lowest BCUT2D eigenvalue weighted by Gasteiger charge is -2.26. The second-order valence-corrected chi connectivity index (χ2v) is 11.8. The number of sulfonamides is 1. The summed E-state index contributed by atoms with van der Waals surface area (Å²) in [6, 6.07) is 11.6. The molecule has 2 aromatic carbocycles. The second-order valence-electron chi connectivity index (χ2n) is 9.98. The van der Waals surface area contributed by atoms with Crippen LogP contribution in [0.25, 0.3) is 22.0 Å². The first kappa shape index (κ1) is 29.5. The van der Waals surface area contributed by atoms with Gasteiger partial charge in [-0.3, -0.25) is 4.72 Å². The number of nitrogens with one attached hydrogen (secondary N) is 3. The molecule has 0 spiro atoms. The van der Waals surface area contributed by atoms with Gasteiger partial charge in [0.15, 0.2) is 0 Å². The van der Waals surface area contributed by atoms with Gasteiger partial charge in [-0.05, 0) is 30.7 Å². The number of piperidine rings is 1. The summed E-state index contributed by atoms with van der Waals surface area (Å²) in [6.07, 6.45) is -2.07. The predicted octanol–water partition coefficient (Wildman–Crippen LogP) is 5.60. The number of aromatic nitrogens is 3. The molecule has 3 heterocycles. The number of halogens is 4. The van der Waals surface area contributed by atoms with Gasteiger partial charge in [0.2, 0.25) is 15.9 Å². The molecule has 5 rings (SSSR count). The highest BCUT2D eigenvalue weighted by atomic mass is 32.2. The van der Waals surface area contributed by atoms with Gasteiger partial charge in [-0.1, -0.05) is 24.3 Å². The molecular weight excluding hydrogens is 576 g/mol. The second kappa shape index (κ2) is 12.1. The van der Waals surface area contributed by atoms with Crippen LogP contribution in [0, 0.1) is 6.92 Å². The van der Waals surface area contributed by atoms with E-state index in [0.29, 0.717) is 58.7 Å². The summed E-state index contributed by atoms with van der Waals surface area (Å²) in [7, 11) is -4.28. The summed E-state index contributed by atoms with van der Waals surface area (Å²) in [4.78, 5) is 13.2. The molecule has 4 aromatic rings. The lowest BCUT2D eigenvalue weighted by Crippen LogP contribution is -2.44. The van der Waals surface area contributed by atoms with E-state index in [0.717, 1.165) is 0 Å². The fourth-order valence-corrected chi connectivity index (χ4v) is 5.84. The van der Waals surface area contributed by atoms with Gasteiger partial charge < -0.3 is 15.4 Å². The number of ether oxygens (including phenoxy) is 1. The van der Waals surface area contributed by atoms with Crippen molar-refractivity contribution in [3.05, 3.63) is 66.6 Å². The lowest BCUT2D eigenvalue weighted by molar-refractivity contribution is -0.129. The molecule has 1 fully saturated rings. The van der Waals surface area contributed by atoms with E-state index in [9.17, 15) is 26.0 Å². The van der Waals surface area contributed by atoms with Crippen molar-refractivity contribution >= 4 is 32.3 Å². The zero-order chi connectivity index (χ0) is 29.9. The number of fused-ring (bicyclic) bond motifs is 1. The fourth-order valence-electron chi connectivity index (χ4n) is 4.74. The molecule has 1 saturated heterocycles. The number of alkyl halides is 4. The average molecular weight is 605 g/mol. The zero-order valence-corrected chi connectivity index (χ0v) is 23.3. The van der Waals surface area contributed by atoms with Crippen LogP contribution >= 0.6 is 0 Å². The summed E-state index contributed by atoms with van der Waals surface area (Å²) in [5.74, 6) is -0.0157.